The van der Waals surface area contributed by atoms with E-state index < -0.39 is 0 Å². The number of hydrogen-bond acceptors (Lipinski definition) is 0. The first-order chi connectivity index (χ1) is 5.11. The fraction of sp³-hybridized carbons (Fsp3) is 0.818. The zero-order valence-corrected chi connectivity index (χ0v) is 8.43. The predicted molar refractivity (Wildman–Crippen MR) is 52.6 cm³/mol. The molecule has 0 aromatic heterocycles. The lowest BCUT2D eigenvalue weighted by Crippen LogP contribution is -2.09. The maximum absolute atomic E-state index is 3.81. The molecule has 0 heterocycles. The summed E-state index contributed by atoms with van der Waals surface area (Å²) >= 11 is 0. The molecule has 0 heteroatoms. The van der Waals surface area contributed by atoms with E-state index in [4.69, 9.17) is 0 Å². The average Bonchev–Trinajstić information content (AvgIpc) is 2.02. The van der Waals surface area contributed by atoms with Crippen LogP contribution in [0.5, 0.6) is 0 Å². The second kappa shape index (κ2) is 5.40. The third kappa shape index (κ3) is 4.23. The highest BCUT2D eigenvalue weighted by atomic mass is 14.2. The van der Waals surface area contributed by atoms with Gasteiger partial charge in [0, 0.05) is 0 Å². The summed E-state index contributed by atoms with van der Waals surface area (Å²) in [6, 6.07) is 0. The fourth-order valence-electron chi connectivity index (χ4n) is 1.25. The highest BCUT2D eigenvalue weighted by molar-refractivity contribution is 4.79. The molecule has 0 aliphatic rings. The van der Waals surface area contributed by atoms with E-state index in [0.717, 1.165) is 11.8 Å². The number of rotatable bonds is 5. The van der Waals surface area contributed by atoms with Crippen LogP contribution in [0, 0.1) is 17.8 Å². The zero-order chi connectivity index (χ0) is 8.85. The lowest BCUT2D eigenvalue weighted by molar-refractivity contribution is 0.349. The summed E-state index contributed by atoms with van der Waals surface area (Å²) in [7, 11) is 0. The van der Waals surface area contributed by atoms with Crippen molar-refractivity contribution in [3.05, 3.63) is 12.7 Å². The Balaban J connectivity index is 3.66. The van der Waals surface area contributed by atoms with Crippen LogP contribution < -0.4 is 0 Å². The maximum Gasteiger partial charge on any atom is -0.0239 e. The Hall–Kier alpha value is -0.260. The van der Waals surface area contributed by atoms with Crippen LogP contribution in [0.1, 0.15) is 40.5 Å². The van der Waals surface area contributed by atoms with Gasteiger partial charge in [-0.2, -0.15) is 0 Å². The molecular formula is C11H22. The largest absolute Gasteiger partial charge is 0.103 e. The normalized spacial score (nSPS) is 18.9. The molecule has 0 N–H and O–H groups in total. The third-order valence-electron chi connectivity index (χ3n) is 2.74. The van der Waals surface area contributed by atoms with Crippen molar-refractivity contribution in [1.82, 2.24) is 0 Å². The SMILES string of the molecule is C=CC(C)C(C)CC(C)CC. The van der Waals surface area contributed by atoms with Crippen LogP contribution in [0.4, 0.5) is 0 Å². The van der Waals surface area contributed by atoms with Gasteiger partial charge in [0.2, 0.25) is 0 Å². The second-order valence-corrected chi connectivity index (χ2v) is 3.82. The van der Waals surface area contributed by atoms with E-state index in [9.17, 15) is 0 Å². The second-order valence-electron chi connectivity index (χ2n) is 3.82. The minimum Gasteiger partial charge on any atom is -0.103 e. The first kappa shape index (κ1) is 10.7. The smallest absolute Gasteiger partial charge is 0.0239 e. The molecule has 0 rings (SSSR count). The molecule has 0 saturated carbocycles. The number of allylic oxidation sites excluding steroid dienone is 1. The molecule has 0 aliphatic heterocycles. The minimum atomic E-state index is 0.670. The molecule has 0 bridgehead atoms. The van der Waals surface area contributed by atoms with Crippen LogP contribution in [-0.4, -0.2) is 0 Å². The summed E-state index contributed by atoms with van der Waals surface area (Å²) in [4.78, 5) is 0. The van der Waals surface area contributed by atoms with Gasteiger partial charge in [-0.1, -0.05) is 40.2 Å². The van der Waals surface area contributed by atoms with Crippen LogP contribution in [0.15, 0.2) is 12.7 Å². The summed E-state index contributed by atoms with van der Waals surface area (Å²) in [5.74, 6) is 2.33. The Morgan fingerprint density at radius 1 is 1.27 bits per heavy atom. The van der Waals surface area contributed by atoms with Gasteiger partial charge < -0.3 is 0 Å². The van der Waals surface area contributed by atoms with Crippen molar-refractivity contribution in [3.63, 3.8) is 0 Å². The molecule has 0 spiro atoms. The zero-order valence-electron chi connectivity index (χ0n) is 8.43. The van der Waals surface area contributed by atoms with Crippen LogP contribution in [-0.2, 0) is 0 Å². The van der Waals surface area contributed by atoms with Gasteiger partial charge in [-0.05, 0) is 24.2 Å². The maximum atomic E-state index is 3.81. The van der Waals surface area contributed by atoms with Gasteiger partial charge in [0.1, 0.15) is 0 Å². The molecule has 0 fully saturated rings. The van der Waals surface area contributed by atoms with Gasteiger partial charge in [0.15, 0.2) is 0 Å². The van der Waals surface area contributed by atoms with E-state index in [-0.39, 0.29) is 0 Å². The van der Waals surface area contributed by atoms with Crippen molar-refractivity contribution in [3.8, 4) is 0 Å². The Bertz CT molecular complexity index is 105. The van der Waals surface area contributed by atoms with Crippen LogP contribution in [0.2, 0.25) is 0 Å². The molecule has 11 heavy (non-hydrogen) atoms. The quantitative estimate of drug-likeness (QED) is 0.527. The standard InChI is InChI=1S/C11H22/c1-6-9(3)8-11(5)10(4)7-2/h7,9-11H,2,6,8H2,1,3-5H3. The lowest BCUT2D eigenvalue weighted by atomic mass is 9.87. The van der Waals surface area contributed by atoms with E-state index in [1.807, 2.05) is 0 Å². The van der Waals surface area contributed by atoms with Crippen molar-refractivity contribution >= 4 is 0 Å². The molecule has 0 aliphatic carbocycles. The summed E-state index contributed by atoms with van der Waals surface area (Å²) in [6.07, 6.45) is 4.70. The van der Waals surface area contributed by atoms with Gasteiger partial charge in [0.25, 0.3) is 0 Å². The van der Waals surface area contributed by atoms with Gasteiger partial charge in [-0.3, -0.25) is 0 Å². The molecule has 3 atom stereocenters. The highest BCUT2D eigenvalue weighted by Gasteiger charge is 2.11. The van der Waals surface area contributed by atoms with E-state index in [2.05, 4.69) is 40.3 Å². The Morgan fingerprint density at radius 3 is 2.18 bits per heavy atom. The van der Waals surface area contributed by atoms with Crippen molar-refractivity contribution < 1.29 is 0 Å². The molecule has 0 saturated heterocycles. The predicted octanol–water partition coefficient (Wildman–Crippen LogP) is 3.88. The molecule has 0 aromatic rings. The van der Waals surface area contributed by atoms with Gasteiger partial charge in [-0.25, -0.2) is 0 Å². The topological polar surface area (TPSA) is 0 Å². The fourth-order valence-corrected chi connectivity index (χ4v) is 1.25. The van der Waals surface area contributed by atoms with Crippen molar-refractivity contribution in [2.24, 2.45) is 17.8 Å². The Kier molecular flexibility index (Phi) is 5.27. The minimum absolute atomic E-state index is 0.670. The summed E-state index contributed by atoms with van der Waals surface area (Å²) in [6.45, 7) is 13.0. The van der Waals surface area contributed by atoms with Crippen molar-refractivity contribution in [2.75, 3.05) is 0 Å². The van der Waals surface area contributed by atoms with Crippen molar-refractivity contribution in [1.29, 1.82) is 0 Å². The summed E-state index contributed by atoms with van der Waals surface area (Å²) < 4.78 is 0. The third-order valence-corrected chi connectivity index (χ3v) is 2.74. The molecule has 0 amide bonds. The average molecular weight is 154 g/mol. The van der Waals surface area contributed by atoms with Gasteiger partial charge in [0.05, 0.1) is 0 Å². The molecule has 0 nitrogen and oxygen atoms in total. The van der Waals surface area contributed by atoms with Crippen molar-refractivity contribution in [2.45, 2.75) is 40.5 Å². The molecule has 0 aromatic carbocycles. The molecular weight excluding hydrogens is 132 g/mol. The van der Waals surface area contributed by atoms with E-state index >= 15 is 0 Å². The monoisotopic (exact) mass is 154 g/mol. The molecule has 0 radical (unpaired) electrons. The lowest BCUT2D eigenvalue weighted by Gasteiger charge is -2.19. The van der Waals surface area contributed by atoms with Gasteiger partial charge in [-0.15, -0.1) is 6.58 Å². The Morgan fingerprint density at radius 2 is 1.82 bits per heavy atom. The Labute approximate surface area is 71.7 Å². The molecule has 3 unspecified atom stereocenters. The number of hydrogen-bond donors (Lipinski definition) is 0. The first-order valence-corrected chi connectivity index (χ1v) is 4.74. The molecule has 66 valence electrons. The van der Waals surface area contributed by atoms with E-state index in [0.29, 0.717) is 5.92 Å². The van der Waals surface area contributed by atoms with Crippen LogP contribution >= 0.6 is 0 Å². The highest BCUT2D eigenvalue weighted by Crippen LogP contribution is 2.21. The van der Waals surface area contributed by atoms with E-state index in [1.165, 1.54) is 12.8 Å². The summed E-state index contributed by atoms with van der Waals surface area (Å²) in [5.41, 5.74) is 0. The van der Waals surface area contributed by atoms with Crippen LogP contribution in [0.3, 0.4) is 0 Å². The van der Waals surface area contributed by atoms with Crippen LogP contribution in [0.25, 0.3) is 0 Å². The first-order valence-electron chi connectivity index (χ1n) is 4.74. The summed E-state index contributed by atoms with van der Waals surface area (Å²) in [5, 5.41) is 0. The van der Waals surface area contributed by atoms with Gasteiger partial charge >= 0.3 is 0 Å². The van der Waals surface area contributed by atoms with E-state index in [1.54, 1.807) is 0 Å².